The molecule has 1 fully saturated rings. The molecule has 1 aromatic rings. The van der Waals surface area contributed by atoms with Crippen molar-refractivity contribution in [1.29, 1.82) is 0 Å². The molecule has 1 aromatic carbocycles. The number of carbonyl (C=O) groups excluding carboxylic acids is 1. The number of carbonyl (C=O) groups is 1. The van der Waals surface area contributed by atoms with Crippen molar-refractivity contribution in [2.45, 2.75) is 52.1 Å². The van der Waals surface area contributed by atoms with Crippen molar-refractivity contribution in [2.24, 2.45) is 0 Å². The van der Waals surface area contributed by atoms with E-state index in [-0.39, 0.29) is 5.91 Å². The van der Waals surface area contributed by atoms with Crippen LogP contribution in [0.3, 0.4) is 0 Å². The van der Waals surface area contributed by atoms with E-state index >= 15 is 0 Å². The highest BCUT2D eigenvalue weighted by Crippen LogP contribution is 2.19. The van der Waals surface area contributed by atoms with Gasteiger partial charge in [0.2, 0.25) is 5.91 Å². The molecule has 0 saturated carbocycles. The molecule has 1 heterocycles. The molecular formula is C18H28N2O. The van der Waals surface area contributed by atoms with Gasteiger partial charge < -0.3 is 4.90 Å². The Morgan fingerprint density at radius 3 is 2.81 bits per heavy atom. The molecule has 0 spiro atoms. The number of amides is 1. The SMILES string of the molecule is CCC1CCCCN1CC(=O)N(C)Cc1ccccc1C. The monoisotopic (exact) mass is 288 g/mol. The highest BCUT2D eigenvalue weighted by molar-refractivity contribution is 5.78. The van der Waals surface area contributed by atoms with Gasteiger partial charge in [-0.05, 0) is 43.9 Å². The third kappa shape index (κ3) is 4.31. The quantitative estimate of drug-likeness (QED) is 0.830. The highest BCUT2D eigenvalue weighted by Gasteiger charge is 2.24. The highest BCUT2D eigenvalue weighted by atomic mass is 16.2. The Morgan fingerprint density at radius 2 is 2.10 bits per heavy atom. The summed E-state index contributed by atoms with van der Waals surface area (Å²) in [7, 11) is 1.92. The summed E-state index contributed by atoms with van der Waals surface area (Å²) in [6, 6.07) is 8.88. The van der Waals surface area contributed by atoms with E-state index in [0.29, 0.717) is 19.1 Å². The number of hydrogen-bond donors (Lipinski definition) is 0. The third-order valence-electron chi connectivity index (χ3n) is 4.65. The van der Waals surface area contributed by atoms with Crippen LogP contribution in [0.25, 0.3) is 0 Å². The van der Waals surface area contributed by atoms with Crippen LogP contribution in [0, 0.1) is 6.92 Å². The number of aryl methyl sites for hydroxylation is 1. The normalized spacial score (nSPS) is 19.5. The maximum Gasteiger partial charge on any atom is 0.236 e. The molecule has 0 aromatic heterocycles. The summed E-state index contributed by atoms with van der Waals surface area (Å²) >= 11 is 0. The average molecular weight is 288 g/mol. The van der Waals surface area contributed by atoms with Gasteiger partial charge >= 0.3 is 0 Å². The molecular weight excluding hydrogens is 260 g/mol. The second-order valence-corrected chi connectivity index (χ2v) is 6.20. The molecule has 1 aliphatic heterocycles. The largest absolute Gasteiger partial charge is 0.340 e. The first-order valence-corrected chi connectivity index (χ1v) is 8.14. The molecule has 1 atom stereocenters. The Labute approximate surface area is 128 Å². The summed E-state index contributed by atoms with van der Waals surface area (Å²) in [4.78, 5) is 16.7. The van der Waals surface area contributed by atoms with Gasteiger partial charge in [0.25, 0.3) is 0 Å². The van der Waals surface area contributed by atoms with E-state index in [4.69, 9.17) is 0 Å². The summed E-state index contributed by atoms with van der Waals surface area (Å²) in [5.41, 5.74) is 2.49. The van der Waals surface area contributed by atoms with Gasteiger partial charge in [-0.3, -0.25) is 9.69 Å². The minimum absolute atomic E-state index is 0.235. The van der Waals surface area contributed by atoms with Crippen LogP contribution >= 0.6 is 0 Å². The van der Waals surface area contributed by atoms with Gasteiger partial charge in [0.1, 0.15) is 0 Å². The molecule has 1 aliphatic rings. The van der Waals surface area contributed by atoms with Crippen LogP contribution in [0.4, 0.5) is 0 Å². The summed E-state index contributed by atoms with van der Waals surface area (Å²) in [5.74, 6) is 0.235. The number of nitrogens with zero attached hydrogens (tertiary/aromatic N) is 2. The topological polar surface area (TPSA) is 23.6 Å². The summed E-state index contributed by atoms with van der Waals surface area (Å²) in [6.07, 6.45) is 4.92. The van der Waals surface area contributed by atoms with Crippen LogP contribution < -0.4 is 0 Å². The number of hydrogen-bond acceptors (Lipinski definition) is 2. The van der Waals surface area contributed by atoms with E-state index in [1.54, 1.807) is 0 Å². The zero-order chi connectivity index (χ0) is 15.2. The zero-order valence-corrected chi connectivity index (χ0v) is 13.6. The molecule has 0 N–H and O–H groups in total. The van der Waals surface area contributed by atoms with Crippen LogP contribution in [0.15, 0.2) is 24.3 Å². The lowest BCUT2D eigenvalue weighted by Crippen LogP contribution is -2.45. The predicted octanol–water partition coefficient (Wildman–Crippen LogP) is 3.22. The van der Waals surface area contributed by atoms with Gasteiger partial charge in [0, 0.05) is 19.6 Å². The second-order valence-electron chi connectivity index (χ2n) is 6.20. The van der Waals surface area contributed by atoms with Crippen molar-refractivity contribution in [3.8, 4) is 0 Å². The fourth-order valence-corrected chi connectivity index (χ4v) is 3.16. The van der Waals surface area contributed by atoms with Crippen LogP contribution in [0.5, 0.6) is 0 Å². The lowest BCUT2D eigenvalue weighted by atomic mass is 10.00. The predicted molar refractivity (Wildman–Crippen MR) is 87.2 cm³/mol. The Bertz CT molecular complexity index is 472. The molecule has 1 unspecified atom stereocenters. The lowest BCUT2D eigenvalue weighted by Gasteiger charge is -2.35. The maximum atomic E-state index is 12.5. The van der Waals surface area contributed by atoms with Crippen LogP contribution in [0.2, 0.25) is 0 Å². The van der Waals surface area contributed by atoms with Crippen molar-refractivity contribution in [3.63, 3.8) is 0 Å². The van der Waals surface area contributed by atoms with Crippen LogP contribution in [0.1, 0.15) is 43.7 Å². The Hall–Kier alpha value is -1.35. The number of piperidine rings is 1. The zero-order valence-electron chi connectivity index (χ0n) is 13.6. The molecule has 3 heteroatoms. The van der Waals surface area contributed by atoms with Gasteiger partial charge in [-0.25, -0.2) is 0 Å². The summed E-state index contributed by atoms with van der Waals surface area (Å²) in [5, 5.41) is 0. The van der Waals surface area contributed by atoms with Crippen LogP contribution in [-0.4, -0.2) is 41.9 Å². The second kappa shape index (κ2) is 7.60. The van der Waals surface area contributed by atoms with E-state index in [0.717, 1.165) is 13.0 Å². The first-order chi connectivity index (χ1) is 10.1. The first kappa shape index (κ1) is 16.0. The number of rotatable bonds is 5. The number of likely N-dealkylation sites (N-methyl/N-ethyl adjacent to an activating group) is 1. The summed E-state index contributed by atoms with van der Waals surface area (Å²) < 4.78 is 0. The third-order valence-corrected chi connectivity index (χ3v) is 4.65. The van der Waals surface area contributed by atoms with Gasteiger partial charge in [0.05, 0.1) is 6.54 Å². The smallest absolute Gasteiger partial charge is 0.236 e. The molecule has 2 rings (SSSR count). The molecule has 0 aliphatic carbocycles. The van der Waals surface area contributed by atoms with E-state index in [9.17, 15) is 4.79 Å². The molecule has 1 saturated heterocycles. The molecule has 1 amide bonds. The molecule has 3 nitrogen and oxygen atoms in total. The first-order valence-electron chi connectivity index (χ1n) is 8.14. The van der Waals surface area contributed by atoms with Gasteiger partial charge in [0.15, 0.2) is 0 Å². The van der Waals surface area contributed by atoms with E-state index in [1.807, 2.05) is 24.1 Å². The van der Waals surface area contributed by atoms with E-state index in [2.05, 4.69) is 30.9 Å². The van der Waals surface area contributed by atoms with E-state index < -0.39 is 0 Å². The maximum absolute atomic E-state index is 12.5. The van der Waals surface area contributed by atoms with E-state index in [1.165, 1.54) is 30.4 Å². The molecule has 0 bridgehead atoms. The Morgan fingerprint density at radius 1 is 1.33 bits per heavy atom. The number of benzene rings is 1. The van der Waals surface area contributed by atoms with Crippen molar-refractivity contribution in [2.75, 3.05) is 20.1 Å². The van der Waals surface area contributed by atoms with Crippen molar-refractivity contribution >= 4 is 5.91 Å². The molecule has 116 valence electrons. The van der Waals surface area contributed by atoms with Crippen LogP contribution in [-0.2, 0) is 11.3 Å². The Kier molecular flexibility index (Phi) is 5.80. The standard InChI is InChI=1S/C18H28N2O/c1-4-17-11-7-8-12-20(17)14-18(21)19(3)13-16-10-6-5-9-15(16)2/h5-6,9-10,17H,4,7-8,11-14H2,1-3H3. The van der Waals surface area contributed by atoms with Crippen molar-refractivity contribution in [3.05, 3.63) is 35.4 Å². The lowest BCUT2D eigenvalue weighted by molar-refractivity contribution is -0.132. The Balaban J connectivity index is 1.91. The average Bonchev–Trinajstić information content (AvgIpc) is 2.50. The number of likely N-dealkylation sites (tertiary alicyclic amines) is 1. The summed E-state index contributed by atoms with van der Waals surface area (Å²) in [6.45, 7) is 6.68. The fraction of sp³-hybridized carbons (Fsp3) is 0.611. The minimum Gasteiger partial charge on any atom is -0.340 e. The van der Waals surface area contributed by atoms with Gasteiger partial charge in [-0.1, -0.05) is 37.6 Å². The molecule has 0 radical (unpaired) electrons. The van der Waals surface area contributed by atoms with Crippen molar-refractivity contribution < 1.29 is 4.79 Å². The fourth-order valence-electron chi connectivity index (χ4n) is 3.16. The minimum atomic E-state index is 0.235. The van der Waals surface area contributed by atoms with Gasteiger partial charge in [-0.15, -0.1) is 0 Å². The van der Waals surface area contributed by atoms with Gasteiger partial charge in [-0.2, -0.15) is 0 Å². The molecule has 21 heavy (non-hydrogen) atoms. The van der Waals surface area contributed by atoms with Crippen molar-refractivity contribution in [1.82, 2.24) is 9.80 Å².